The average Bonchev–Trinajstić information content (AvgIpc) is 2.82. The van der Waals surface area contributed by atoms with Crippen LogP contribution >= 0.6 is 11.3 Å². The largest absolute Gasteiger partial charge is 0.384 e. The molecule has 0 spiro atoms. The maximum Gasteiger partial charge on any atom is 0.366 e. The fourth-order valence-electron chi connectivity index (χ4n) is 1.52. The fourth-order valence-corrected chi connectivity index (χ4v) is 2.45. The number of benzene rings is 1. The predicted octanol–water partition coefficient (Wildman–Crippen LogP) is 2.26. The lowest BCUT2D eigenvalue weighted by Gasteiger charge is -1.96. The van der Waals surface area contributed by atoms with Crippen LogP contribution in [0.1, 0.15) is 20.2 Å². The highest BCUT2D eigenvalue weighted by Gasteiger charge is 2.34. The molecule has 0 saturated heterocycles. The van der Waals surface area contributed by atoms with E-state index in [1.54, 1.807) is 6.07 Å². The second kappa shape index (κ2) is 3.46. The van der Waals surface area contributed by atoms with Gasteiger partial charge in [-0.2, -0.15) is 0 Å². The number of aromatic nitrogens is 1. The number of ether oxygens (including phenoxy) is 1. The Morgan fingerprint density at radius 1 is 1.24 bits per heavy atom. The molecule has 0 fully saturated rings. The number of halogens is 1. The van der Waals surface area contributed by atoms with Gasteiger partial charge < -0.3 is 4.74 Å². The zero-order valence-corrected chi connectivity index (χ0v) is 9.08. The van der Waals surface area contributed by atoms with Gasteiger partial charge in [0.2, 0.25) is 0 Å². The number of fused-ring (bicyclic) bond motifs is 1. The number of carbonyl (C=O) groups is 2. The minimum absolute atomic E-state index is 0.0132. The van der Waals surface area contributed by atoms with Crippen LogP contribution in [0, 0.1) is 5.82 Å². The minimum atomic E-state index is -0.746. The molecule has 1 aromatic carbocycles. The zero-order chi connectivity index (χ0) is 12.0. The molecule has 2 aromatic rings. The highest BCUT2D eigenvalue weighted by molar-refractivity contribution is 7.17. The second-order valence-electron chi connectivity index (χ2n) is 3.38. The van der Waals surface area contributed by atoms with Gasteiger partial charge in [-0.15, -0.1) is 11.3 Å². The van der Waals surface area contributed by atoms with Gasteiger partial charge in [-0.3, -0.25) is 0 Å². The molecular weight excluding hydrogens is 245 g/mol. The zero-order valence-electron chi connectivity index (χ0n) is 8.27. The molecule has 0 unspecified atom stereocenters. The molecule has 1 aromatic heterocycles. The third-order valence-corrected chi connectivity index (χ3v) is 3.35. The lowest BCUT2D eigenvalue weighted by molar-refractivity contribution is 0.0443. The van der Waals surface area contributed by atoms with Crippen molar-refractivity contribution in [1.82, 2.24) is 4.98 Å². The first-order valence-electron chi connectivity index (χ1n) is 4.68. The van der Waals surface area contributed by atoms with Gasteiger partial charge >= 0.3 is 11.9 Å². The monoisotopic (exact) mass is 249 g/mol. The smallest absolute Gasteiger partial charge is 0.366 e. The second-order valence-corrected chi connectivity index (χ2v) is 4.38. The summed E-state index contributed by atoms with van der Waals surface area (Å²) in [5.74, 6) is -1.83. The van der Waals surface area contributed by atoms with E-state index in [0.717, 1.165) is 11.3 Å². The summed E-state index contributed by atoms with van der Waals surface area (Å²) >= 11 is 1.02. The summed E-state index contributed by atoms with van der Waals surface area (Å²) in [4.78, 5) is 26.6. The molecule has 0 bridgehead atoms. The normalized spacial score (nSPS) is 13.7. The van der Waals surface area contributed by atoms with E-state index in [9.17, 15) is 14.0 Å². The van der Waals surface area contributed by atoms with Crippen LogP contribution < -0.4 is 0 Å². The first-order valence-corrected chi connectivity index (χ1v) is 5.50. The van der Waals surface area contributed by atoms with E-state index >= 15 is 0 Å². The van der Waals surface area contributed by atoms with Crippen LogP contribution in [0.2, 0.25) is 0 Å². The Kier molecular flexibility index (Phi) is 2.05. The Labute approximate surface area is 98.7 Å². The molecule has 0 saturated carbocycles. The molecule has 0 atom stereocenters. The SMILES string of the molecule is O=C1OC(=O)c2sc(-c3cccc(F)c3)nc21. The van der Waals surface area contributed by atoms with Gasteiger partial charge in [-0.1, -0.05) is 12.1 Å². The third-order valence-electron chi connectivity index (χ3n) is 2.26. The highest BCUT2D eigenvalue weighted by Crippen LogP contribution is 2.32. The molecule has 3 rings (SSSR count). The molecule has 0 radical (unpaired) electrons. The quantitative estimate of drug-likeness (QED) is 0.574. The molecule has 17 heavy (non-hydrogen) atoms. The summed E-state index contributed by atoms with van der Waals surface area (Å²) in [7, 11) is 0. The molecule has 0 aliphatic carbocycles. The maximum absolute atomic E-state index is 13.0. The van der Waals surface area contributed by atoms with E-state index in [1.165, 1.54) is 18.2 Å². The Bertz CT molecular complexity index is 618. The van der Waals surface area contributed by atoms with Crippen LogP contribution in [0.15, 0.2) is 24.3 Å². The molecular formula is C11H4FNO3S. The van der Waals surface area contributed by atoms with Crippen molar-refractivity contribution in [2.24, 2.45) is 0 Å². The molecule has 0 amide bonds. The van der Waals surface area contributed by atoms with E-state index in [0.29, 0.717) is 10.6 Å². The van der Waals surface area contributed by atoms with Crippen molar-refractivity contribution < 1.29 is 18.7 Å². The molecule has 84 valence electrons. The third kappa shape index (κ3) is 1.53. The summed E-state index contributed by atoms with van der Waals surface area (Å²) in [6, 6.07) is 5.80. The standard InChI is InChI=1S/C11H4FNO3S/c12-6-3-1-2-5(4-6)9-13-7-8(17-9)11(15)16-10(7)14/h1-4H. The van der Waals surface area contributed by atoms with E-state index in [-0.39, 0.29) is 10.6 Å². The average molecular weight is 249 g/mol. The number of esters is 2. The van der Waals surface area contributed by atoms with Crippen molar-refractivity contribution >= 4 is 23.3 Å². The van der Waals surface area contributed by atoms with E-state index in [2.05, 4.69) is 9.72 Å². The minimum Gasteiger partial charge on any atom is -0.384 e. The van der Waals surface area contributed by atoms with Gasteiger partial charge in [-0.25, -0.2) is 19.0 Å². The molecule has 6 heteroatoms. The molecule has 1 aliphatic rings. The number of hydrogen-bond donors (Lipinski definition) is 0. The van der Waals surface area contributed by atoms with Crippen LogP contribution in [0.3, 0.4) is 0 Å². The lowest BCUT2D eigenvalue weighted by Crippen LogP contribution is -1.99. The topological polar surface area (TPSA) is 56.3 Å². The van der Waals surface area contributed by atoms with Crippen LogP contribution in [0.25, 0.3) is 10.6 Å². The number of thiazole rings is 1. The molecule has 0 N–H and O–H groups in total. The van der Waals surface area contributed by atoms with Crippen molar-refractivity contribution in [2.75, 3.05) is 0 Å². The van der Waals surface area contributed by atoms with Gasteiger partial charge in [-0.05, 0) is 12.1 Å². The number of hydrogen-bond acceptors (Lipinski definition) is 5. The molecule has 4 nitrogen and oxygen atoms in total. The van der Waals surface area contributed by atoms with Crippen molar-refractivity contribution in [1.29, 1.82) is 0 Å². The van der Waals surface area contributed by atoms with Crippen LogP contribution in [-0.2, 0) is 4.74 Å². The van der Waals surface area contributed by atoms with Gasteiger partial charge in [0.1, 0.15) is 15.7 Å². The summed E-state index contributed by atoms with van der Waals surface area (Å²) in [5, 5.41) is 0.430. The molecule has 1 aliphatic heterocycles. The van der Waals surface area contributed by atoms with Crippen LogP contribution in [0.5, 0.6) is 0 Å². The predicted molar refractivity (Wildman–Crippen MR) is 57.3 cm³/mol. The maximum atomic E-state index is 13.0. The molecule has 2 heterocycles. The number of carbonyl (C=O) groups excluding carboxylic acids is 2. The summed E-state index contributed by atoms with van der Waals surface area (Å²) < 4.78 is 17.4. The Balaban J connectivity index is 2.13. The fraction of sp³-hybridized carbons (Fsp3) is 0. The lowest BCUT2D eigenvalue weighted by atomic mass is 10.2. The van der Waals surface area contributed by atoms with Crippen molar-refractivity contribution in [2.45, 2.75) is 0 Å². The Hall–Kier alpha value is -2.08. The Morgan fingerprint density at radius 3 is 2.76 bits per heavy atom. The Morgan fingerprint density at radius 2 is 2.06 bits per heavy atom. The van der Waals surface area contributed by atoms with Crippen LogP contribution in [-0.4, -0.2) is 16.9 Å². The summed E-state index contributed by atoms with van der Waals surface area (Å²) in [6.45, 7) is 0. The summed E-state index contributed by atoms with van der Waals surface area (Å²) in [5.41, 5.74) is 0.546. The number of rotatable bonds is 1. The van der Waals surface area contributed by atoms with Crippen LogP contribution in [0.4, 0.5) is 4.39 Å². The van der Waals surface area contributed by atoms with Gasteiger partial charge in [0, 0.05) is 5.56 Å². The number of nitrogens with zero attached hydrogens (tertiary/aromatic N) is 1. The van der Waals surface area contributed by atoms with Gasteiger partial charge in [0.25, 0.3) is 0 Å². The van der Waals surface area contributed by atoms with Gasteiger partial charge in [0.15, 0.2) is 5.69 Å². The first-order chi connectivity index (χ1) is 8.15. The van der Waals surface area contributed by atoms with Crippen molar-refractivity contribution in [3.05, 3.63) is 40.7 Å². The van der Waals surface area contributed by atoms with Gasteiger partial charge in [0.05, 0.1) is 0 Å². The van der Waals surface area contributed by atoms with Crippen molar-refractivity contribution in [3.8, 4) is 10.6 Å². The highest BCUT2D eigenvalue weighted by atomic mass is 32.1. The van der Waals surface area contributed by atoms with Crippen molar-refractivity contribution in [3.63, 3.8) is 0 Å². The van der Waals surface area contributed by atoms with E-state index < -0.39 is 17.8 Å². The van der Waals surface area contributed by atoms with E-state index in [4.69, 9.17) is 0 Å². The summed E-state index contributed by atoms with van der Waals surface area (Å²) in [6.07, 6.45) is 0. The number of cyclic esters (lactones) is 2. The van der Waals surface area contributed by atoms with E-state index in [1.807, 2.05) is 0 Å². The first kappa shape index (κ1) is 10.1.